The number of ketones is 2. The molecule has 0 saturated carbocycles. The number of rotatable bonds is 9. The molecule has 3 heteroatoms. The third-order valence-corrected chi connectivity index (χ3v) is 3.23. The van der Waals surface area contributed by atoms with E-state index in [2.05, 4.69) is 12.6 Å². The molecule has 0 saturated heterocycles. The maximum atomic E-state index is 11.8. The van der Waals surface area contributed by atoms with Crippen molar-refractivity contribution in [1.29, 1.82) is 0 Å². The highest BCUT2D eigenvalue weighted by molar-refractivity contribution is 7.81. The summed E-state index contributed by atoms with van der Waals surface area (Å²) in [5.41, 5.74) is 0.794. The van der Waals surface area contributed by atoms with E-state index in [1.54, 1.807) is 0 Å². The number of Topliss-reactive ketones (excluding diaryl/α,β-unsaturated/α-hetero) is 2. The maximum Gasteiger partial charge on any atom is 0.162 e. The predicted octanol–water partition coefficient (Wildman–Crippen LogP) is 3.71. The molecule has 0 unspecified atom stereocenters. The summed E-state index contributed by atoms with van der Waals surface area (Å²) in [4.78, 5) is 22.8. The number of hydrogen-bond acceptors (Lipinski definition) is 3. The molecule has 0 aliphatic rings. The number of carbonyl (C=O) groups is 2. The second-order valence-electron chi connectivity index (χ2n) is 4.40. The first kappa shape index (κ1) is 15.0. The van der Waals surface area contributed by atoms with E-state index in [1.807, 2.05) is 30.3 Å². The van der Waals surface area contributed by atoms with Crippen molar-refractivity contribution in [1.82, 2.24) is 0 Å². The van der Waals surface area contributed by atoms with Gasteiger partial charge in [-0.15, -0.1) is 0 Å². The molecule has 0 heterocycles. The summed E-state index contributed by atoms with van der Waals surface area (Å²) in [7, 11) is 0. The van der Waals surface area contributed by atoms with Gasteiger partial charge >= 0.3 is 0 Å². The van der Waals surface area contributed by atoms with Crippen molar-refractivity contribution in [2.75, 3.05) is 5.75 Å². The molecule has 0 aliphatic heterocycles. The zero-order chi connectivity index (χ0) is 13.2. The van der Waals surface area contributed by atoms with Crippen LogP contribution in [0.3, 0.4) is 0 Å². The summed E-state index contributed by atoms with van der Waals surface area (Å²) in [6.07, 6.45) is 5.07. The van der Waals surface area contributed by atoms with Crippen LogP contribution in [0.2, 0.25) is 0 Å². The van der Waals surface area contributed by atoms with Crippen LogP contribution in [0, 0.1) is 0 Å². The summed E-state index contributed by atoms with van der Waals surface area (Å²) in [6, 6.07) is 9.39. The van der Waals surface area contributed by atoms with Crippen molar-refractivity contribution >= 4 is 24.2 Å². The molecule has 2 nitrogen and oxygen atoms in total. The molecule has 0 radical (unpaired) electrons. The number of carbonyl (C=O) groups excluding carboxylic acids is 2. The average Bonchev–Trinajstić information content (AvgIpc) is 2.43. The van der Waals surface area contributed by atoms with Gasteiger partial charge in [-0.25, -0.2) is 0 Å². The van der Waals surface area contributed by atoms with Gasteiger partial charge < -0.3 is 0 Å². The third-order valence-electron chi connectivity index (χ3n) is 2.88. The van der Waals surface area contributed by atoms with Gasteiger partial charge in [0.05, 0.1) is 0 Å². The summed E-state index contributed by atoms with van der Waals surface area (Å²) in [5, 5.41) is 0. The van der Waals surface area contributed by atoms with Gasteiger partial charge in [0.2, 0.25) is 0 Å². The lowest BCUT2D eigenvalue weighted by atomic mass is 10.0. The first-order chi connectivity index (χ1) is 8.74. The Labute approximate surface area is 114 Å². The highest BCUT2D eigenvalue weighted by atomic mass is 32.1. The van der Waals surface area contributed by atoms with Crippen LogP contribution in [0.15, 0.2) is 30.3 Å². The van der Waals surface area contributed by atoms with Crippen LogP contribution >= 0.6 is 12.6 Å². The molecule has 0 aliphatic carbocycles. The molecule has 0 amide bonds. The molecule has 0 atom stereocenters. The lowest BCUT2D eigenvalue weighted by Gasteiger charge is -2.01. The Morgan fingerprint density at radius 2 is 1.50 bits per heavy atom. The minimum absolute atomic E-state index is 0.207. The Bertz CT molecular complexity index is 373. The molecule has 0 bridgehead atoms. The van der Waals surface area contributed by atoms with E-state index in [1.165, 1.54) is 0 Å². The summed E-state index contributed by atoms with van der Waals surface area (Å²) < 4.78 is 0. The van der Waals surface area contributed by atoms with Gasteiger partial charge in [0.1, 0.15) is 5.78 Å². The predicted molar refractivity (Wildman–Crippen MR) is 77.3 cm³/mol. The van der Waals surface area contributed by atoms with Crippen LogP contribution in [0.1, 0.15) is 48.9 Å². The van der Waals surface area contributed by atoms with Crippen LogP contribution in [0.4, 0.5) is 0 Å². The van der Waals surface area contributed by atoms with Crippen molar-refractivity contribution in [2.24, 2.45) is 0 Å². The second kappa shape index (κ2) is 8.92. The maximum absolute atomic E-state index is 11.8. The van der Waals surface area contributed by atoms with E-state index < -0.39 is 0 Å². The van der Waals surface area contributed by atoms with Crippen molar-refractivity contribution in [3.05, 3.63) is 35.9 Å². The minimum Gasteiger partial charge on any atom is -0.299 e. The van der Waals surface area contributed by atoms with Crippen LogP contribution < -0.4 is 0 Å². The summed E-state index contributed by atoms with van der Waals surface area (Å²) in [6.45, 7) is 0. The van der Waals surface area contributed by atoms with E-state index in [0.717, 1.165) is 31.2 Å². The van der Waals surface area contributed by atoms with Crippen LogP contribution in [0.25, 0.3) is 0 Å². The molecular formula is C15H20O2S. The number of hydrogen-bond donors (Lipinski definition) is 1. The Kier molecular flexibility index (Phi) is 7.42. The van der Waals surface area contributed by atoms with Gasteiger partial charge in [-0.1, -0.05) is 43.2 Å². The Balaban J connectivity index is 2.08. The molecule has 1 rings (SSSR count). The normalized spacial score (nSPS) is 10.3. The van der Waals surface area contributed by atoms with Crippen molar-refractivity contribution in [3.8, 4) is 0 Å². The van der Waals surface area contributed by atoms with E-state index in [4.69, 9.17) is 0 Å². The smallest absolute Gasteiger partial charge is 0.162 e. The Hall–Kier alpha value is -1.09. The SMILES string of the molecule is O=C(CS)CCCCCCC(=O)c1ccccc1. The van der Waals surface area contributed by atoms with Gasteiger partial charge in [-0.2, -0.15) is 12.6 Å². The number of benzene rings is 1. The Morgan fingerprint density at radius 3 is 2.11 bits per heavy atom. The topological polar surface area (TPSA) is 34.1 Å². The van der Waals surface area contributed by atoms with Gasteiger partial charge in [-0.3, -0.25) is 9.59 Å². The molecule has 0 N–H and O–H groups in total. The zero-order valence-corrected chi connectivity index (χ0v) is 11.5. The zero-order valence-electron chi connectivity index (χ0n) is 10.6. The Morgan fingerprint density at radius 1 is 0.889 bits per heavy atom. The van der Waals surface area contributed by atoms with Crippen molar-refractivity contribution < 1.29 is 9.59 Å². The second-order valence-corrected chi connectivity index (χ2v) is 4.72. The quantitative estimate of drug-likeness (QED) is 0.419. The molecule has 0 aromatic heterocycles. The van der Waals surface area contributed by atoms with Crippen molar-refractivity contribution in [2.45, 2.75) is 38.5 Å². The lowest BCUT2D eigenvalue weighted by Crippen LogP contribution is -1.99. The van der Waals surface area contributed by atoms with Gasteiger partial charge in [0.25, 0.3) is 0 Å². The van der Waals surface area contributed by atoms with Crippen molar-refractivity contribution in [3.63, 3.8) is 0 Å². The fourth-order valence-electron chi connectivity index (χ4n) is 1.81. The largest absolute Gasteiger partial charge is 0.299 e. The molecule has 0 spiro atoms. The first-order valence-electron chi connectivity index (χ1n) is 6.45. The minimum atomic E-state index is 0.207. The molecule has 1 aromatic rings. The standard InChI is InChI=1S/C15H20O2S/c16-14(12-18)10-6-1-2-7-11-15(17)13-8-4-3-5-9-13/h3-5,8-9,18H,1-2,6-7,10-12H2. The van der Waals surface area contributed by atoms with Gasteiger partial charge in [0, 0.05) is 24.2 Å². The van der Waals surface area contributed by atoms with Gasteiger partial charge in [-0.05, 0) is 12.8 Å². The highest BCUT2D eigenvalue weighted by Gasteiger charge is 2.04. The molecule has 18 heavy (non-hydrogen) atoms. The van der Waals surface area contributed by atoms with E-state index in [-0.39, 0.29) is 11.6 Å². The van der Waals surface area contributed by atoms with Gasteiger partial charge in [0.15, 0.2) is 5.78 Å². The fourth-order valence-corrected chi connectivity index (χ4v) is 1.97. The van der Waals surface area contributed by atoms with E-state index >= 15 is 0 Å². The number of unbranched alkanes of at least 4 members (excludes halogenated alkanes) is 3. The molecule has 98 valence electrons. The van der Waals surface area contributed by atoms with Crippen LogP contribution in [-0.4, -0.2) is 17.3 Å². The molecule has 0 fully saturated rings. The highest BCUT2D eigenvalue weighted by Crippen LogP contribution is 2.10. The van der Waals surface area contributed by atoms with E-state index in [9.17, 15) is 9.59 Å². The monoisotopic (exact) mass is 264 g/mol. The van der Waals surface area contributed by atoms with Crippen LogP contribution in [0.5, 0.6) is 0 Å². The molecular weight excluding hydrogens is 244 g/mol. The molecule has 1 aromatic carbocycles. The summed E-state index contributed by atoms with van der Waals surface area (Å²) >= 11 is 3.93. The average molecular weight is 264 g/mol. The van der Waals surface area contributed by atoms with E-state index in [0.29, 0.717) is 18.6 Å². The first-order valence-corrected chi connectivity index (χ1v) is 7.08. The third kappa shape index (κ3) is 6.01. The lowest BCUT2D eigenvalue weighted by molar-refractivity contribution is -0.116. The fraction of sp³-hybridized carbons (Fsp3) is 0.467. The summed E-state index contributed by atoms with van der Waals surface area (Å²) in [5.74, 6) is 0.757. The number of thiol groups is 1. The van der Waals surface area contributed by atoms with Crippen LogP contribution in [-0.2, 0) is 4.79 Å².